The van der Waals surface area contributed by atoms with Crippen LogP contribution in [-0.4, -0.2) is 25.6 Å². The lowest BCUT2D eigenvalue weighted by Gasteiger charge is -2.38. The minimum Gasteiger partial charge on any atom is -0.410 e. The molecule has 0 amide bonds. The molecule has 2 nitrogen and oxygen atoms in total. The van der Waals surface area contributed by atoms with Crippen LogP contribution in [0.2, 0.25) is 18.1 Å². The average molecular weight is 382 g/mol. The highest BCUT2D eigenvalue weighted by atomic mass is 127. The zero-order valence-electron chi connectivity index (χ0n) is 12.5. The van der Waals surface area contributed by atoms with Crippen molar-refractivity contribution in [3.05, 3.63) is 22.3 Å². The molecule has 0 aromatic rings. The second kappa shape index (κ2) is 7.22. The maximum absolute atomic E-state index is 9.33. The van der Waals surface area contributed by atoms with E-state index in [-0.39, 0.29) is 11.1 Å². The Balaban J connectivity index is 4.69. The molecule has 0 saturated carbocycles. The fourth-order valence-electron chi connectivity index (χ4n) is 1.25. The Labute approximate surface area is 127 Å². The van der Waals surface area contributed by atoms with E-state index in [9.17, 15) is 5.11 Å². The molecule has 0 spiro atoms. The molecule has 0 bridgehead atoms. The summed E-state index contributed by atoms with van der Waals surface area (Å²) in [6.45, 7) is 16.8. The van der Waals surface area contributed by atoms with Crippen LogP contribution in [0.1, 0.15) is 34.1 Å². The van der Waals surface area contributed by atoms with Gasteiger partial charge in [-0.15, -0.1) is 6.58 Å². The van der Waals surface area contributed by atoms with Gasteiger partial charge in [0.15, 0.2) is 8.32 Å². The highest BCUT2D eigenvalue weighted by Crippen LogP contribution is 2.38. The third-order valence-electron chi connectivity index (χ3n) is 3.33. The van der Waals surface area contributed by atoms with Crippen LogP contribution in [-0.2, 0) is 4.43 Å². The van der Waals surface area contributed by atoms with E-state index in [0.29, 0.717) is 0 Å². The molecule has 0 saturated heterocycles. The molecule has 1 unspecified atom stereocenters. The Hall–Kier alpha value is 0.347. The molecule has 2 atom stereocenters. The van der Waals surface area contributed by atoms with Gasteiger partial charge in [0.05, 0.1) is 12.2 Å². The van der Waals surface area contributed by atoms with Crippen molar-refractivity contribution in [2.24, 2.45) is 0 Å². The largest absolute Gasteiger partial charge is 0.410 e. The molecule has 0 aromatic carbocycles. The van der Waals surface area contributed by atoms with E-state index in [0.717, 1.165) is 10.0 Å². The van der Waals surface area contributed by atoms with Gasteiger partial charge in [-0.2, -0.15) is 0 Å². The van der Waals surface area contributed by atoms with Crippen LogP contribution in [0.4, 0.5) is 0 Å². The molecule has 1 N–H and O–H groups in total. The summed E-state index contributed by atoms with van der Waals surface area (Å²) in [5, 5.41) is 9.53. The van der Waals surface area contributed by atoms with Gasteiger partial charge < -0.3 is 9.53 Å². The topological polar surface area (TPSA) is 29.5 Å². The molecule has 0 radical (unpaired) electrons. The first kappa shape index (κ1) is 18.3. The molecular formula is C14H27IO2Si. The predicted octanol–water partition coefficient (Wildman–Crippen LogP) is 4.65. The Kier molecular flexibility index (Phi) is 7.35. The summed E-state index contributed by atoms with van der Waals surface area (Å²) >= 11 is 2.26. The van der Waals surface area contributed by atoms with Gasteiger partial charge >= 0.3 is 0 Å². The smallest absolute Gasteiger partial charge is 0.192 e. The highest BCUT2D eigenvalue weighted by molar-refractivity contribution is 14.1. The van der Waals surface area contributed by atoms with Gasteiger partial charge in [0.1, 0.15) is 0 Å². The van der Waals surface area contributed by atoms with E-state index in [4.69, 9.17) is 4.43 Å². The third kappa shape index (κ3) is 6.50. The van der Waals surface area contributed by atoms with Crippen molar-refractivity contribution in [1.29, 1.82) is 0 Å². The highest BCUT2D eigenvalue weighted by Gasteiger charge is 2.38. The van der Waals surface area contributed by atoms with Gasteiger partial charge in [0.25, 0.3) is 0 Å². The van der Waals surface area contributed by atoms with Crippen molar-refractivity contribution >= 4 is 30.9 Å². The quantitative estimate of drug-likeness (QED) is 0.412. The number of hydrogen-bond donors (Lipinski definition) is 1. The molecule has 0 heterocycles. The number of rotatable bonds is 6. The lowest BCUT2D eigenvalue weighted by molar-refractivity contribution is 0.225. The predicted molar refractivity (Wildman–Crippen MR) is 90.7 cm³/mol. The van der Waals surface area contributed by atoms with Crippen LogP contribution in [0.3, 0.4) is 0 Å². The Morgan fingerprint density at radius 3 is 2.28 bits per heavy atom. The maximum atomic E-state index is 9.33. The first-order valence-corrected chi connectivity index (χ1v) is 10.3. The van der Waals surface area contributed by atoms with E-state index in [2.05, 4.69) is 63.0 Å². The summed E-state index contributed by atoms with van der Waals surface area (Å²) in [5.41, 5.74) is 0. The van der Waals surface area contributed by atoms with Crippen LogP contribution >= 0.6 is 22.6 Å². The van der Waals surface area contributed by atoms with Gasteiger partial charge in [-0.25, -0.2) is 0 Å². The molecule has 4 heteroatoms. The molecule has 0 fully saturated rings. The maximum Gasteiger partial charge on any atom is 0.192 e. The van der Waals surface area contributed by atoms with E-state index >= 15 is 0 Å². The Morgan fingerprint density at radius 2 is 1.94 bits per heavy atom. The molecule has 0 aliphatic rings. The van der Waals surface area contributed by atoms with Crippen molar-refractivity contribution in [3.8, 4) is 0 Å². The zero-order chi connectivity index (χ0) is 14.6. The molecule has 106 valence electrons. The summed E-state index contributed by atoms with van der Waals surface area (Å²) in [4.78, 5) is 0. The summed E-state index contributed by atoms with van der Waals surface area (Å²) in [7, 11) is -1.76. The molecule has 0 aromatic heterocycles. The van der Waals surface area contributed by atoms with Crippen LogP contribution in [0.15, 0.2) is 22.3 Å². The summed E-state index contributed by atoms with van der Waals surface area (Å²) in [6, 6.07) is 0. The molecule has 0 aliphatic heterocycles. The normalized spacial score (nSPS) is 17.4. The minimum atomic E-state index is -1.76. The van der Waals surface area contributed by atoms with E-state index in [1.807, 2.05) is 12.2 Å². The lowest BCUT2D eigenvalue weighted by Crippen LogP contribution is -2.43. The van der Waals surface area contributed by atoms with Crippen LogP contribution in [0, 0.1) is 0 Å². The van der Waals surface area contributed by atoms with Gasteiger partial charge in [0, 0.05) is 6.42 Å². The van der Waals surface area contributed by atoms with E-state index in [1.54, 1.807) is 6.92 Å². The molecule has 0 rings (SSSR count). The van der Waals surface area contributed by atoms with Gasteiger partial charge in [-0.1, -0.05) is 26.8 Å². The minimum absolute atomic E-state index is 0.0350. The third-order valence-corrected chi connectivity index (χ3v) is 8.64. The molecular weight excluding hydrogens is 355 g/mol. The first-order chi connectivity index (χ1) is 7.99. The number of aliphatic hydroxyl groups is 1. The van der Waals surface area contributed by atoms with Gasteiger partial charge in [0.2, 0.25) is 0 Å². The van der Waals surface area contributed by atoms with Crippen molar-refractivity contribution in [2.75, 3.05) is 0 Å². The lowest BCUT2D eigenvalue weighted by atomic mass is 10.2. The van der Waals surface area contributed by atoms with Crippen molar-refractivity contribution < 1.29 is 9.53 Å². The monoisotopic (exact) mass is 382 g/mol. The number of aliphatic hydroxyl groups excluding tert-OH is 1. The van der Waals surface area contributed by atoms with E-state index < -0.39 is 14.4 Å². The molecule has 18 heavy (non-hydrogen) atoms. The average Bonchev–Trinajstić information content (AvgIpc) is 2.12. The fraction of sp³-hybridized carbons (Fsp3) is 0.714. The second-order valence-electron chi connectivity index (χ2n) is 6.21. The van der Waals surface area contributed by atoms with Gasteiger partial charge in [-0.3, -0.25) is 0 Å². The van der Waals surface area contributed by atoms with Crippen molar-refractivity contribution in [3.63, 3.8) is 0 Å². The Bertz CT molecular complexity index is 303. The summed E-state index contributed by atoms with van der Waals surface area (Å²) in [5.74, 6) is 0. The van der Waals surface area contributed by atoms with E-state index in [1.165, 1.54) is 0 Å². The van der Waals surface area contributed by atoms with Crippen molar-refractivity contribution in [2.45, 2.75) is 64.5 Å². The fourth-order valence-corrected chi connectivity index (χ4v) is 3.49. The summed E-state index contributed by atoms with van der Waals surface area (Å²) < 4.78 is 7.41. The van der Waals surface area contributed by atoms with Crippen LogP contribution in [0.25, 0.3) is 0 Å². The SMILES string of the molecule is C=CC(C/C(I)=C/[C@@H](C)O)O[Si](C)(C)C(C)(C)C. The number of hydrogen-bond acceptors (Lipinski definition) is 2. The van der Waals surface area contributed by atoms with Crippen LogP contribution < -0.4 is 0 Å². The first-order valence-electron chi connectivity index (χ1n) is 6.34. The van der Waals surface area contributed by atoms with Gasteiger partial charge in [-0.05, 0) is 57.3 Å². The zero-order valence-corrected chi connectivity index (χ0v) is 15.6. The Morgan fingerprint density at radius 1 is 1.44 bits per heavy atom. The molecule has 0 aliphatic carbocycles. The number of halogens is 1. The van der Waals surface area contributed by atoms with Crippen molar-refractivity contribution in [1.82, 2.24) is 0 Å². The summed E-state index contributed by atoms with van der Waals surface area (Å²) in [6.07, 6.45) is 4.14. The van der Waals surface area contributed by atoms with Crippen LogP contribution in [0.5, 0.6) is 0 Å². The second-order valence-corrected chi connectivity index (χ2v) is 12.4. The standard InChI is InChI=1S/C14H27IO2Si/c1-8-13(10-12(15)9-11(2)16)17-18(6,7)14(3,4)5/h8-9,11,13,16H,1,10H2,2-7H3/b12-9-/t11-,13?/m1/s1.